The fraction of sp³-hybridized carbons (Fsp3) is 0.316. The lowest BCUT2D eigenvalue weighted by molar-refractivity contribution is -0.117. The number of hydrogen-bond donors (Lipinski definition) is 0. The van der Waals surface area contributed by atoms with Crippen LogP contribution in [0.15, 0.2) is 48.5 Å². The van der Waals surface area contributed by atoms with Crippen molar-refractivity contribution in [2.45, 2.75) is 26.2 Å². The molecular weight excluding hydrogens is 258 g/mol. The van der Waals surface area contributed by atoms with Crippen molar-refractivity contribution in [1.82, 2.24) is 0 Å². The molecule has 0 unspecified atom stereocenters. The summed E-state index contributed by atoms with van der Waals surface area (Å²) in [6.45, 7) is 3.63. The van der Waals surface area contributed by atoms with Crippen molar-refractivity contribution in [3.8, 4) is 0 Å². The van der Waals surface area contributed by atoms with Crippen molar-refractivity contribution in [3.05, 3.63) is 65.2 Å². The third-order valence-electron chi connectivity index (χ3n) is 4.06. The standard InChI is InChI=1S/C19H21NO/c1-15-9-10-19-17(12-15)8-5-11-20(19)14-18(21)13-16-6-3-2-4-7-16/h2-4,6-7,9-10,12H,5,8,11,13-14H2,1H3. The summed E-state index contributed by atoms with van der Waals surface area (Å²) in [7, 11) is 0. The summed E-state index contributed by atoms with van der Waals surface area (Å²) in [5.41, 5.74) is 5.02. The van der Waals surface area contributed by atoms with E-state index >= 15 is 0 Å². The van der Waals surface area contributed by atoms with Crippen LogP contribution in [-0.4, -0.2) is 18.9 Å². The van der Waals surface area contributed by atoms with Gasteiger partial charge in [-0.3, -0.25) is 4.79 Å². The first-order chi connectivity index (χ1) is 10.2. The summed E-state index contributed by atoms with van der Waals surface area (Å²) in [4.78, 5) is 14.6. The summed E-state index contributed by atoms with van der Waals surface area (Å²) in [6.07, 6.45) is 2.79. The molecule has 0 fully saturated rings. The summed E-state index contributed by atoms with van der Waals surface area (Å²) in [5, 5.41) is 0. The minimum atomic E-state index is 0.287. The zero-order chi connectivity index (χ0) is 14.7. The molecule has 21 heavy (non-hydrogen) atoms. The molecule has 2 heteroatoms. The Kier molecular flexibility index (Phi) is 4.05. The Morgan fingerprint density at radius 3 is 2.76 bits per heavy atom. The van der Waals surface area contributed by atoms with Gasteiger partial charge in [0.1, 0.15) is 0 Å². The van der Waals surface area contributed by atoms with E-state index in [1.807, 2.05) is 30.3 Å². The second-order valence-electron chi connectivity index (χ2n) is 5.86. The number of carbonyl (C=O) groups excluding carboxylic acids is 1. The Labute approximate surface area is 126 Å². The van der Waals surface area contributed by atoms with Crippen LogP contribution in [0.25, 0.3) is 0 Å². The molecule has 0 saturated carbocycles. The second-order valence-corrected chi connectivity index (χ2v) is 5.86. The lowest BCUT2D eigenvalue weighted by Gasteiger charge is -2.31. The zero-order valence-electron chi connectivity index (χ0n) is 12.5. The highest BCUT2D eigenvalue weighted by atomic mass is 16.1. The molecule has 0 atom stereocenters. The van der Waals surface area contributed by atoms with Crippen LogP contribution in [0, 0.1) is 6.92 Å². The van der Waals surface area contributed by atoms with E-state index in [1.165, 1.54) is 16.8 Å². The monoisotopic (exact) mass is 279 g/mol. The maximum atomic E-state index is 12.3. The largest absolute Gasteiger partial charge is 0.364 e. The number of nitrogens with zero attached hydrogens (tertiary/aromatic N) is 1. The number of fused-ring (bicyclic) bond motifs is 1. The predicted octanol–water partition coefficient (Wildman–Crippen LogP) is 3.56. The number of anilines is 1. The molecule has 3 rings (SSSR count). The first-order valence-electron chi connectivity index (χ1n) is 7.62. The number of benzene rings is 2. The Bertz CT molecular complexity index is 633. The van der Waals surface area contributed by atoms with Crippen molar-refractivity contribution >= 4 is 11.5 Å². The molecule has 0 spiro atoms. The maximum Gasteiger partial charge on any atom is 0.156 e. The van der Waals surface area contributed by atoms with Crippen molar-refractivity contribution in [3.63, 3.8) is 0 Å². The van der Waals surface area contributed by atoms with Gasteiger partial charge in [0.05, 0.1) is 6.54 Å². The van der Waals surface area contributed by atoms with Crippen LogP contribution in [0.4, 0.5) is 5.69 Å². The third-order valence-corrected chi connectivity index (χ3v) is 4.06. The van der Waals surface area contributed by atoms with Crippen molar-refractivity contribution in [2.75, 3.05) is 18.0 Å². The van der Waals surface area contributed by atoms with Gasteiger partial charge in [-0.1, -0.05) is 48.0 Å². The Hall–Kier alpha value is -2.09. The molecule has 1 heterocycles. The molecule has 1 aliphatic rings. The fourth-order valence-corrected chi connectivity index (χ4v) is 3.06. The molecule has 2 aromatic carbocycles. The Morgan fingerprint density at radius 2 is 1.95 bits per heavy atom. The van der Waals surface area contributed by atoms with Gasteiger partial charge in [-0.05, 0) is 37.0 Å². The van der Waals surface area contributed by atoms with E-state index in [4.69, 9.17) is 0 Å². The lowest BCUT2D eigenvalue weighted by atomic mass is 9.99. The minimum Gasteiger partial charge on any atom is -0.364 e. The first-order valence-corrected chi connectivity index (χ1v) is 7.62. The van der Waals surface area contributed by atoms with Crippen LogP contribution in [0.3, 0.4) is 0 Å². The number of carbonyl (C=O) groups is 1. The summed E-state index contributed by atoms with van der Waals surface area (Å²) < 4.78 is 0. The highest BCUT2D eigenvalue weighted by molar-refractivity contribution is 5.86. The molecule has 108 valence electrons. The van der Waals surface area contributed by atoms with Crippen LogP contribution >= 0.6 is 0 Å². The Morgan fingerprint density at radius 1 is 1.14 bits per heavy atom. The maximum absolute atomic E-state index is 12.3. The summed E-state index contributed by atoms with van der Waals surface area (Å²) in [5.74, 6) is 0.287. The Balaban J connectivity index is 1.70. The van der Waals surface area contributed by atoms with E-state index < -0.39 is 0 Å². The van der Waals surface area contributed by atoms with Gasteiger partial charge in [-0.2, -0.15) is 0 Å². The van der Waals surface area contributed by atoms with E-state index in [-0.39, 0.29) is 5.78 Å². The van der Waals surface area contributed by atoms with Crippen LogP contribution < -0.4 is 4.90 Å². The molecule has 0 N–H and O–H groups in total. The third kappa shape index (κ3) is 3.33. The summed E-state index contributed by atoms with van der Waals surface area (Å²) in [6, 6.07) is 16.6. The lowest BCUT2D eigenvalue weighted by Crippen LogP contribution is -2.34. The van der Waals surface area contributed by atoms with Crippen molar-refractivity contribution in [2.24, 2.45) is 0 Å². The SMILES string of the molecule is Cc1ccc2c(c1)CCCN2CC(=O)Cc1ccccc1. The zero-order valence-corrected chi connectivity index (χ0v) is 12.5. The number of hydrogen-bond acceptors (Lipinski definition) is 2. The van der Waals surface area contributed by atoms with Crippen LogP contribution in [0.2, 0.25) is 0 Å². The van der Waals surface area contributed by atoms with Gasteiger partial charge in [0, 0.05) is 18.7 Å². The normalized spacial score (nSPS) is 13.9. The van der Waals surface area contributed by atoms with E-state index in [2.05, 4.69) is 30.0 Å². The van der Waals surface area contributed by atoms with Crippen LogP contribution in [0.1, 0.15) is 23.1 Å². The molecule has 0 saturated heterocycles. The molecule has 2 aromatic rings. The number of ketones is 1. The van der Waals surface area contributed by atoms with Crippen LogP contribution in [0.5, 0.6) is 0 Å². The molecule has 0 radical (unpaired) electrons. The van der Waals surface area contributed by atoms with Gasteiger partial charge < -0.3 is 4.90 Å². The van der Waals surface area contributed by atoms with Crippen molar-refractivity contribution in [1.29, 1.82) is 0 Å². The van der Waals surface area contributed by atoms with E-state index in [9.17, 15) is 4.79 Å². The highest BCUT2D eigenvalue weighted by Gasteiger charge is 2.19. The smallest absolute Gasteiger partial charge is 0.156 e. The number of rotatable bonds is 4. The first kappa shape index (κ1) is 13.9. The van der Waals surface area contributed by atoms with Crippen molar-refractivity contribution < 1.29 is 4.79 Å². The van der Waals surface area contributed by atoms with E-state index in [0.717, 1.165) is 24.9 Å². The molecule has 2 nitrogen and oxygen atoms in total. The average Bonchev–Trinajstić information content (AvgIpc) is 2.48. The van der Waals surface area contributed by atoms with E-state index in [0.29, 0.717) is 13.0 Å². The van der Waals surface area contributed by atoms with Gasteiger partial charge >= 0.3 is 0 Å². The topological polar surface area (TPSA) is 20.3 Å². The number of Topliss-reactive ketones (excluding diaryl/α,β-unsaturated/α-hetero) is 1. The van der Waals surface area contributed by atoms with E-state index in [1.54, 1.807) is 0 Å². The van der Waals surface area contributed by atoms with Gasteiger partial charge in [0.25, 0.3) is 0 Å². The van der Waals surface area contributed by atoms with Gasteiger partial charge in [0.15, 0.2) is 5.78 Å². The highest BCUT2D eigenvalue weighted by Crippen LogP contribution is 2.27. The van der Waals surface area contributed by atoms with Gasteiger partial charge in [-0.25, -0.2) is 0 Å². The molecule has 0 bridgehead atoms. The van der Waals surface area contributed by atoms with Gasteiger partial charge in [0.2, 0.25) is 0 Å². The second kappa shape index (κ2) is 6.13. The van der Waals surface area contributed by atoms with Crippen LogP contribution in [-0.2, 0) is 17.6 Å². The van der Waals surface area contributed by atoms with Gasteiger partial charge in [-0.15, -0.1) is 0 Å². The summed E-state index contributed by atoms with van der Waals surface area (Å²) >= 11 is 0. The molecule has 0 aromatic heterocycles. The molecular formula is C19H21NO. The minimum absolute atomic E-state index is 0.287. The quantitative estimate of drug-likeness (QED) is 0.853. The molecule has 1 aliphatic heterocycles. The molecule has 0 aliphatic carbocycles. The fourth-order valence-electron chi connectivity index (χ4n) is 3.06. The molecule has 0 amide bonds. The average molecular weight is 279 g/mol. The number of aryl methyl sites for hydroxylation is 2. The predicted molar refractivity (Wildman–Crippen MR) is 86.9 cm³/mol.